The van der Waals surface area contributed by atoms with E-state index in [-0.39, 0.29) is 36.5 Å². The number of rotatable bonds is 9. The first-order valence-corrected chi connectivity index (χ1v) is 13.2. The fourth-order valence-electron chi connectivity index (χ4n) is 5.92. The summed E-state index contributed by atoms with van der Waals surface area (Å²) < 4.78 is 18.4. The van der Waals surface area contributed by atoms with E-state index < -0.39 is 49.5 Å². The maximum atomic E-state index is 11.7. The Balaban J connectivity index is 1.81. The molecular formula is C25H47NO8. The average Bonchev–Trinajstić information content (AvgIpc) is 2.81. The molecule has 2 saturated heterocycles. The number of ether oxygens (including phenoxy) is 3. The molecule has 34 heavy (non-hydrogen) atoms. The van der Waals surface area contributed by atoms with E-state index in [1.807, 2.05) is 6.92 Å². The van der Waals surface area contributed by atoms with E-state index in [1.54, 1.807) is 0 Å². The molecule has 13 atom stereocenters. The van der Waals surface area contributed by atoms with Gasteiger partial charge in [0, 0.05) is 24.9 Å². The zero-order valence-electron chi connectivity index (χ0n) is 21.1. The second kappa shape index (κ2) is 12.7. The fraction of sp³-hybridized carbons (Fsp3) is 1.00. The van der Waals surface area contributed by atoms with Crippen molar-refractivity contribution in [1.82, 2.24) is 5.32 Å². The lowest BCUT2D eigenvalue weighted by Crippen LogP contribution is -2.63. The van der Waals surface area contributed by atoms with Crippen molar-refractivity contribution < 1.29 is 39.7 Å². The zero-order chi connectivity index (χ0) is 25.0. The summed E-state index contributed by atoms with van der Waals surface area (Å²) in [7, 11) is 0. The van der Waals surface area contributed by atoms with Crippen LogP contribution in [0.4, 0.5) is 0 Å². The predicted octanol–water partition coefficient (Wildman–Crippen LogP) is 0.540. The third-order valence-corrected chi connectivity index (χ3v) is 8.19. The molecule has 13 unspecified atom stereocenters. The Morgan fingerprint density at radius 3 is 2.38 bits per heavy atom. The molecule has 0 bridgehead atoms. The first kappa shape index (κ1) is 28.2. The lowest BCUT2D eigenvalue weighted by molar-refractivity contribution is -0.304. The van der Waals surface area contributed by atoms with Gasteiger partial charge in [-0.3, -0.25) is 0 Å². The van der Waals surface area contributed by atoms with E-state index in [4.69, 9.17) is 14.2 Å². The van der Waals surface area contributed by atoms with Crippen molar-refractivity contribution in [3.63, 3.8) is 0 Å². The van der Waals surface area contributed by atoms with Gasteiger partial charge in [-0.1, -0.05) is 27.7 Å². The van der Waals surface area contributed by atoms with Crippen molar-refractivity contribution >= 4 is 0 Å². The van der Waals surface area contributed by atoms with Crippen LogP contribution < -0.4 is 5.32 Å². The fourth-order valence-corrected chi connectivity index (χ4v) is 5.92. The van der Waals surface area contributed by atoms with Gasteiger partial charge < -0.3 is 45.1 Å². The molecule has 0 amide bonds. The van der Waals surface area contributed by atoms with Crippen LogP contribution in [0.5, 0.6) is 0 Å². The van der Waals surface area contributed by atoms with Crippen LogP contribution in [0.2, 0.25) is 0 Å². The van der Waals surface area contributed by atoms with E-state index in [0.717, 1.165) is 19.3 Å². The molecule has 9 heteroatoms. The van der Waals surface area contributed by atoms with Crippen molar-refractivity contribution in [3.05, 3.63) is 0 Å². The summed E-state index contributed by atoms with van der Waals surface area (Å²) in [6.45, 7) is 8.31. The minimum absolute atomic E-state index is 0.0200. The highest BCUT2D eigenvalue weighted by molar-refractivity contribution is 5.01. The molecule has 2 aliphatic heterocycles. The summed E-state index contributed by atoms with van der Waals surface area (Å²) in [4.78, 5) is 0. The second-order valence-electron chi connectivity index (χ2n) is 10.7. The third-order valence-electron chi connectivity index (χ3n) is 8.19. The number of aliphatic hydroxyl groups excluding tert-OH is 5. The van der Waals surface area contributed by atoms with Crippen LogP contribution >= 0.6 is 0 Å². The minimum Gasteiger partial charge on any atom is -0.394 e. The van der Waals surface area contributed by atoms with Gasteiger partial charge in [0.2, 0.25) is 0 Å². The van der Waals surface area contributed by atoms with Crippen LogP contribution in [0.3, 0.4) is 0 Å². The van der Waals surface area contributed by atoms with E-state index in [1.165, 1.54) is 0 Å². The molecule has 1 saturated carbocycles. The van der Waals surface area contributed by atoms with Crippen LogP contribution in [0, 0.1) is 17.8 Å². The molecule has 0 aromatic heterocycles. The molecule has 0 radical (unpaired) electrons. The standard InChI is InChI=1S/C25H47NO8/c1-5-15(28)11-26-17-9-14(4)21(23-13(3)7-8-16(6-2)32-23)22(31)24(17)34-25-19(30)10-18(29)20(12-27)33-25/h13-31H,5-12H2,1-4H3. The van der Waals surface area contributed by atoms with E-state index in [0.29, 0.717) is 25.3 Å². The Hall–Kier alpha value is -0.360. The highest BCUT2D eigenvalue weighted by atomic mass is 16.7. The van der Waals surface area contributed by atoms with Gasteiger partial charge in [-0.15, -0.1) is 0 Å². The summed E-state index contributed by atoms with van der Waals surface area (Å²) >= 11 is 0. The Bertz CT molecular complexity index is 611. The highest BCUT2D eigenvalue weighted by Gasteiger charge is 2.51. The molecule has 200 valence electrons. The van der Waals surface area contributed by atoms with Gasteiger partial charge >= 0.3 is 0 Å². The van der Waals surface area contributed by atoms with Crippen molar-refractivity contribution in [3.8, 4) is 0 Å². The van der Waals surface area contributed by atoms with E-state index in [2.05, 4.69) is 26.1 Å². The van der Waals surface area contributed by atoms with Gasteiger partial charge in [-0.25, -0.2) is 0 Å². The molecule has 0 spiro atoms. The average molecular weight is 490 g/mol. The minimum atomic E-state index is -1.08. The second-order valence-corrected chi connectivity index (χ2v) is 10.7. The molecule has 3 aliphatic rings. The smallest absolute Gasteiger partial charge is 0.184 e. The Morgan fingerprint density at radius 2 is 1.74 bits per heavy atom. The summed E-state index contributed by atoms with van der Waals surface area (Å²) in [5.41, 5.74) is 0. The molecule has 3 rings (SSSR count). The summed E-state index contributed by atoms with van der Waals surface area (Å²) in [6.07, 6.45) is -1.66. The molecule has 2 heterocycles. The predicted molar refractivity (Wildman–Crippen MR) is 126 cm³/mol. The van der Waals surface area contributed by atoms with Gasteiger partial charge in [0.15, 0.2) is 6.29 Å². The summed E-state index contributed by atoms with van der Waals surface area (Å²) in [5, 5.41) is 55.3. The van der Waals surface area contributed by atoms with E-state index in [9.17, 15) is 25.5 Å². The zero-order valence-corrected chi connectivity index (χ0v) is 21.1. The van der Waals surface area contributed by atoms with Crippen LogP contribution in [0.1, 0.15) is 66.2 Å². The quantitative estimate of drug-likeness (QED) is 0.274. The summed E-state index contributed by atoms with van der Waals surface area (Å²) in [6, 6.07) is -0.265. The SMILES string of the molecule is CCC(O)CNC1CC(C)C(C2OC(CC)CCC2C)C(O)C1OC1OC(CO)C(O)CC1O. The highest BCUT2D eigenvalue weighted by Crippen LogP contribution is 2.42. The van der Waals surface area contributed by atoms with Gasteiger partial charge in [-0.05, 0) is 43.9 Å². The summed E-state index contributed by atoms with van der Waals surface area (Å²) in [5.74, 6) is 0.309. The lowest BCUT2D eigenvalue weighted by Gasteiger charge is -2.51. The Labute approximate surface area is 203 Å². The number of nitrogens with one attached hydrogen (secondary N) is 1. The molecule has 3 fully saturated rings. The van der Waals surface area contributed by atoms with Crippen LogP contribution in [-0.2, 0) is 14.2 Å². The van der Waals surface area contributed by atoms with Crippen LogP contribution in [0.15, 0.2) is 0 Å². The number of aliphatic hydroxyl groups is 5. The number of hydrogen-bond acceptors (Lipinski definition) is 9. The molecule has 0 aromatic carbocycles. The van der Waals surface area contributed by atoms with Crippen molar-refractivity contribution in [2.24, 2.45) is 17.8 Å². The van der Waals surface area contributed by atoms with Crippen molar-refractivity contribution in [1.29, 1.82) is 0 Å². The molecular weight excluding hydrogens is 442 g/mol. The van der Waals surface area contributed by atoms with Gasteiger partial charge in [-0.2, -0.15) is 0 Å². The maximum Gasteiger partial charge on any atom is 0.184 e. The third kappa shape index (κ3) is 6.49. The first-order chi connectivity index (χ1) is 16.2. The van der Waals surface area contributed by atoms with E-state index >= 15 is 0 Å². The van der Waals surface area contributed by atoms with Gasteiger partial charge in [0.25, 0.3) is 0 Å². The van der Waals surface area contributed by atoms with Gasteiger partial charge in [0.1, 0.15) is 18.3 Å². The van der Waals surface area contributed by atoms with Crippen LogP contribution in [-0.4, -0.2) is 99.8 Å². The van der Waals surface area contributed by atoms with Crippen LogP contribution in [0.25, 0.3) is 0 Å². The van der Waals surface area contributed by atoms with Crippen molar-refractivity contribution in [2.45, 2.75) is 127 Å². The topological polar surface area (TPSA) is 141 Å². The van der Waals surface area contributed by atoms with Gasteiger partial charge in [0.05, 0.1) is 37.1 Å². The molecule has 6 N–H and O–H groups in total. The Kier molecular flexibility index (Phi) is 10.6. The molecule has 1 aliphatic carbocycles. The first-order valence-electron chi connectivity index (χ1n) is 13.2. The normalized spacial score (nSPS) is 46.9. The maximum absolute atomic E-state index is 11.7. The lowest BCUT2D eigenvalue weighted by atomic mass is 9.68. The molecule has 9 nitrogen and oxygen atoms in total. The largest absolute Gasteiger partial charge is 0.394 e. The Morgan fingerprint density at radius 1 is 1.00 bits per heavy atom. The van der Waals surface area contributed by atoms with Crippen molar-refractivity contribution in [2.75, 3.05) is 13.2 Å². The monoisotopic (exact) mass is 489 g/mol. The molecule has 0 aromatic rings. The number of hydrogen-bond donors (Lipinski definition) is 6.